The SMILES string of the molecule is CCCCCCCC/C=C\CCCCCCCCCCC(CCNC(=O)CCCCCCCCCCCCCCCCC)C(N)=O. The molecule has 0 saturated carbocycles. The summed E-state index contributed by atoms with van der Waals surface area (Å²) >= 11 is 0. The minimum Gasteiger partial charge on any atom is -0.369 e. The Morgan fingerprint density at radius 1 is 0.478 bits per heavy atom. The molecule has 0 aliphatic rings. The number of primary amides is 1. The predicted molar refractivity (Wildman–Crippen MR) is 203 cm³/mol. The molecule has 0 spiro atoms. The highest BCUT2D eigenvalue weighted by Gasteiger charge is 2.15. The van der Waals surface area contributed by atoms with Gasteiger partial charge in [-0.3, -0.25) is 9.59 Å². The smallest absolute Gasteiger partial charge is 0.220 e. The number of nitrogens with two attached hydrogens (primary N) is 1. The Labute approximate surface area is 288 Å². The van der Waals surface area contributed by atoms with Gasteiger partial charge in [0, 0.05) is 18.9 Å². The predicted octanol–water partition coefficient (Wildman–Crippen LogP) is 13.1. The van der Waals surface area contributed by atoms with E-state index in [2.05, 4.69) is 31.3 Å². The molecule has 0 aliphatic heterocycles. The Kier molecular flexibility index (Phi) is 37.0. The van der Waals surface area contributed by atoms with Crippen LogP contribution in [0.1, 0.15) is 232 Å². The van der Waals surface area contributed by atoms with E-state index >= 15 is 0 Å². The highest BCUT2D eigenvalue weighted by atomic mass is 16.2. The van der Waals surface area contributed by atoms with Crippen molar-refractivity contribution in [3.8, 4) is 0 Å². The van der Waals surface area contributed by atoms with E-state index in [1.54, 1.807) is 0 Å². The van der Waals surface area contributed by atoms with Crippen LogP contribution in [0.15, 0.2) is 12.2 Å². The molecule has 0 aromatic rings. The van der Waals surface area contributed by atoms with E-state index in [9.17, 15) is 9.59 Å². The van der Waals surface area contributed by atoms with E-state index in [0.717, 1.165) is 25.7 Å². The van der Waals surface area contributed by atoms with Gasteiger partial charge >= 0.3 is 0 Å². The zero-order valence-electron chi connectivity index (χ0n) is 31.4. The second-order valence-corrected chi connectivity index (χ2v) is 14.4. The van der Waals surface area contributed by atoms with Crippen LogP contribution in [0.5, 0.6) is 0 Å². The second-order valence-electron chi connectivity index (χ2n) is 14.4. The van der Waals surface area contributed by atoms with Crippen LogP contribution in [0.2, 0.25) is 0 Å². The molecule has 2 amide bonds. The number of hydrogen-bond donors (Lipinski definition) is 2. The van der Waals surface area contributed by atoms with Crippen LogP contribution >= 0.6 is 0 Å². The molecule has 0 fully saturated rings. The molecule has 0 heterocycles. The van der Waals surface area contributed by atoms with Crippen LogP contribution in [-0.4, -0.2) is 18.4 Å². The summed E-state index contributed by atoms with van der Waals surface area (Å²) in [6, 6.07) is 0. The summed E-state index contributed by atoms with van der Waals surface area (Å²) in [5.41, 5.74) is 5.67. The van der Waals surface area contributed by atoms with Gasteiger partial charge in [-0.25, -0.2) is 0 Å². The number of nitrogens with one attached hydrogen (secondary N) is 1. The van der Waals surface area contributed by atoms with Crippen LogP contribution in [0, 0.1) is 5.92 Å². The van der Waals surface area contributed by atoms with Crippen LogP contribution in [0.3, 0.4) is 0 Å². The van der Waals surface area contributed by atoms with Crippen molar-refractivity contribution in [3.05, 3.63) is 12.2 Å². The molecule has 0 saturated heterocycles. The van der Waals surface area contributed by atoms with Crippen LogP contribution in [-0.2, 0) is 9.59 Å². The molecule has 4 nitrogen and oxygen atoms in total. The lowest BCUT2D eigenvalue weighted by molar-refractivity contribution is -0.123. The van der Waals surface area contributed by atoms with Gasteiger partial charge in [-0.15, -0.1) is 0 Å². The maximum atomic E-state index is 12.2. The van der Waals surface area contributed by atoms with Crippen LogP contribution < -0.4 is 11.1 Å². The first-order valence-corrected chi connectivity index (χ1v) is 20.8. The number of unbranched alkanes of at least 4 members (excludes halogenated alkanes) is 28. The Hall–Kier alpha value is -1.32. The van der Waals surface area contributed by atoms with E-state index in [0.29, 0.717) is 19.4 Å². The molecule has 0 bridgehead atoms. The highest BCUT2D eigenvalue weighted by molar-refractivity contribution is 5.77. The average molecular weight is 647 g/mol. The Bertz CT molecular complexity index is 662. The van der Waals surface area contributed by atoms with Gasteiger partial charge in [-0.1, -0.05) is 193 Å². The minimum absolute atomic E-state index is 0.111. The van der Waals surface area contributed by atoms with Gasteiger partial charge in [-0.2, -0.15) is 0 Å². The molecule has 46 heavy (non-hydrogen) atoms. The molecular formula is C42H82N2O2. The molecule has 4 heteroatoms. The van der Waals surface area contributed by atoms with Crippen molar-refractivity contribution in [2.75, 3.05) is 6.54 Å². The van der Waals surface area contributed by atoms with Gasteiger partial charge < -0.3 is 11.1 Å². The fraction of sp³-hybridized carbons (Fsp3) is 0.905. The molecule has 1 unspecified atom stereocenters. The monoisotopic (exact) mass is 647 g/mol. The fourth-order valence-corrected chi connectivity index (χ4v) is 6.55. The first-order valence-electron chi connectivity index (χ1n) is 20.8. The number of hydrogen-bond acceptors (Lipinski definition) is 2. The molecule has 0 radical (unpaired) electrons. The van der Waals surface area contributed by atoms with Crippen molar-refractivity contribution in [1.82, 2.24) is 5.32 Å². The Morgan fingerprint density at radius 2 is 0.826 bits per heavy atom. The molecular weight excluding hydrogens is 564 g/mol. The number of allylic oxidation sites excluding steroid dienone is 2. The van der Waals surface area contributed by atoms with Crippen molar-refractivity contribution in [2.24, 2.45) is 11.7 Å². The van der Waals surface area contributed by atoms with E-state index in [1.807, 2.05) is 0 Å². The summed E-state index contributed by atoms with van der Waals surface area (Å²) in [6.07, 6.45) is 47.9. The van der Waals surface area contributed by atoms with Gasteiger partial charge in [0.1, 0.15) is 0 Å². The van der Waals surface area contributed by atoms with Crippen molar-refractivity contribution < 1.29 is 9.59 Å². The van der Waals surface area contributed by atoms with Crippen LogP contribution in [0.4, 0.5) is 0 Å². The van der Waals surface area contributed by atoms with Gasteiger partial charge in [0.15, 0.2) is 0 Å². The fourth-order valence-electron chi connectivity index (χ4n) is 6.55. The first-order chi connectivity index (χ1) is 22.6. The van der Waals surface area contributed by atoms with E-state index in [1.165, 1.54) is 180 Å². The summed E-state index contributed by atoms with van der Waals surface area (Å²) in [6.45, 7) is 5.13. The van der Waals surface area contributed by atoms with Gasteiger partial charge in [0.2, 0.25) is 11.8 Å². The molecule has 3 N–H and O–H groups in total. The summed E-state index contributed by atoms with van der Waals surface area (Å²) < 4.78 is 0. The molecule has 0 aliphatic carbocycles. The Balaban J connectivity index is 3.50. The Morgan fingerprint density at radius 3 is 1.22 bits per heavy atom. The van der Waals surface area contributed by atoms with Crippen LogP contribution in [0.25, 0.3) is 0 Å². The molecule has 0 aromatic carbocycles. The number of rotatable bonds is 38. The minimum atomic E-state index is -0.210. The zero-order chi connectivity index (χ0) is 33.6. The number of carbonyl (C=O) groups is 2. The van der Waals surface area contributed by atoms with Crippen molar-refractivity contribution >= 4 is 11.8 Å². The van der Waals surface area contributed by atoms with Crippen molar-refractivity contribution in [2.45, 2.75) is 232 Å². The first kappa shape index (κ1) is 44.7. The normalized spacial score (nSPS) is 12.2. The van der Waals surface area contributed by atoms with Gasteiger partial charge in [-0.05, 0) is 44.9 Å². The molecule has 0 aromatic heterocycles. The van der Waals surface area contributed by atoms with E-state index < -0.39 is 0 Å². The third kappa shape index (κ3) is 35.5. The van der Waals surface area contributed by atoms with Crippen molar-refractivity contribution in [3.63, 3.8) is 0 Å². The van der Waals surface area contributed by atoms with E-state index in [-0.39, 0.29) is 17.7 Å². The zero-order valence-corrected chi connectivity index (χ0v) is 31.4. The maximum Gasteiger partial charge on any atom is 0.220 e. The van der Waals surface area contributed by atoms with Gasteiger partial charge in [0.05, 0.1) is 0 Å². The molecule has 272 valence electrons. The summed E-state index contributed by atoms with van der Waals surface area (Å²) in [5, 5.41) is 3.03. The largest absolute Gasteiger partial charge is 0.369 e. The summed E-state index contributed by atoms with van der Waals surface area (Å²) in [4.78, 5) is 24.2. The summed E-state index contributed by atoms with van der Waals surface area (Å²) in [5.74, 6) is -0.194. The lowest BCUT2D eigenvalue weighted by atomic mass is 9.96. The lowest BCUT2D eigenvalue weighted by Gasteiger charge is -2.14. The molecule has 1 atom stereocenters. The summed E-state index contributed by atoms with van der Waals surface area (Å²) in [7, 11) is 0. The number of amides is 2. The van der Waals surface area contributed by atoms with Crippen molar-refractivity contribution in [1.29, 1.82) is 0 Å². The van der Waals surface area contributed by atoms with E-state index in [4.69, 9.17) is 5.73 Å². The number of carbonyl (C=O) groups excluding carboxylic acids is 2. The second kappa shape index (κ2) is 38.1. The highest BCUT2D eigenvalue weighted by Crippen LogP contribution is 2.17. The van der Waals surface area contributed by atoms with Gasteiger partial charge in [0.25, 0.3) is 0 Å². The maximum absolute atomic E-state index is 12.2. The standard InChI is InChI=1S/C42H82N2O2/c1-3-5-7-9-11-13-15-17-19-20-21-23-24-26-28-30-32-34-36-40(42(43)46)38-39-44-41(45)37-35-33-31-29-27-25-22-18-16-14-12-10-8-6-4-2/h17,19,40H,3-16,18,20-39H2,1-2H3,(H2,43,46)(H,44,45)/b19-17-. The topological polar surface area (TPSA) is 72.2 Å². The molecule has 0 rings (SSSR count). The quantitative estimate of drug-likeness (QED) is 0.0517. The third-order valence-electron chi connectivity index (χ3n) is 9.79. The average Bonchev–Trinajstić information content (AvgIpc) is 3.05. The third-order valence-corrected chi connectivity index (χ3v) is 9.79. The lowest BCUT2D eigenvalue weighted by Crippen LogP contribution is -2.30.